The molecule has 0 aromatic heterocycles. The topological polar surface area (TPSA) is 168 Å². The van der Waals surface area contributed by atoms with Crippen LogP contribution < -0.4 is 15.3 Å². The zero-order valence-corrected chi connectivity index (χ0v) is 27.6. The van der Waals surface area contributed by atoms with Gasteiger partial charge in [0.05, 0.1) is 21.5 Å². The number of amides is 2. The van der Waals surface area contributed by atoms with E-state index in [1.807, 2.05) is 67.8 Å². The summed E-state index contributed by atoms with van der Waals surface area (Å²) in [5.74, 6) is -4.49. The molecule has 0 spiro atoms. The molecule has 0 aliphatic carbocycles. The Morgan fingerprint density at radius 2 is 1.42 bits per heavy atom. The number of ether oxygens (including phenoxy) is 3. The third kappa shape index (κ3) is 10.1. The lowest BCUT2D eigenvalue weighted by molar-refractivity contribution is -0.305. The van der Waals surface area contributed by atoms with Crippen molar-refractivity contribution in [1.29, 1.82) is 0 Å². The number of carbonyl (C=O) groups is 6. The molecule has 2 unspecified atom stereocenters. The Morgan fingerprint density at radius 3 is 1.92 bits per heavy atom. The molecule has 210 valence electrons. The number of halogens is 3. The zero-order valence-electron chi connectivity index (χ0n) is 21.1. The van der Waals surface area contributed by atoms with Crippen molar-refractivity contribution < 1.29 is 48.1 Å². The van der Waals surface area contributed by atoms with Crippen LogP contribution in [-0.2, 0) is 49.4 Å². The second-order valence-electron chi connectivity index (χ2n) is 7.84. The highest BCUT2D eigenvalue weighted by Gasteiger charge is 2.32. The molecule has 12 nitrogen and oxygen atoms in total. The fraction of sp³-hybridized carbons (Fsp3) is 0.478. The Hall–Kier alpha value is -1.77. The standard InChI is InChI=1S/C23H27I3N2O10/c1-10(37-13(4)30)22(34)27-20-17(24)15(6-7-16(32)33)18(25)21(19(20)26)28(8-9-36-12(3)29)23(35)11(2)38-14(5)31/h10-11H,6-9H2,1-5H3,(H,27,34)(H,32,33)/p-1. The van der Waals surface area contributed by atoms with Gasteiger partial charge in [-0.05, 0) is 100 Å². The molecule has 2 atom stereocenters. The summed E-state index contributed by atoms with van der Waals surface area (Å²) in [5, 5.41) is 13.9. The van der Waals surface area contributed by atoms with E-state index >= 15 is 0 Å². The van der Waals surface area contributed by atoms with E-state index in [9.17, 15) is 33.9 Å². The van der Waals surface area contributed by atoms with Crippen LogP contribution in [0.1, 0.15) is 46.6 Å². The van der Waals surface area contributed by atoms with Gasteiger partial charge in [0.15, 0.2) is 12.2 Å². The lowest BCUT2D eigenvalue weighted by Crippen LogP contribution is -2.43. The molecule has 38 heavy (non-hydrogen) atoms. The minimum atomic E-state index is -1.29. The minimum absolute atomic E-state index is 0.0106. The SMILES string of the molecule is CC(=O)OCCN(C(=O)C(C)OC(C)=O)c1c(I)c(CCC(=O)[O-])c(I)c(NC(=O)C(C)OC(C)=O)c1I. The first-order valence-corrected chi connectivity index (χ1v) is 14.3. The van der Waals surface area contributed by atoms with Crippen molar-refractivity contribution in [3.63, 3.8) is 0 Å². The number of rotatable bonds is 12. The van der Waals surface area contributed by atoms with Crippen LogP contribution >= 0.6 is 67.8 Å². The summed E-state index contributed by atoms with van der Waals surface area (Å²) in [7, 11) is 0. The van der Waals surface area contributed by atoms with Crippen molar-refractivity contribution in [1.82, 2.24) is 0 Å². The molecule has 1 rings (SSSR count). The number of hydrogen-bond acceptors (Lipinski definition) is 10. The smallest absolute Gasteiger partial charge is 0.303 e. The van der Waals surface area contributed by atoms with E-state index in [2.05, 4.69) is 5.32 Å². The highest BCUT2D eigenvalue weighted by Crippen LogP contribution is 2.41. The number of carboxylic acid groups (broad SMARTS) is 1. The number of hydrogen-bond donors (Lipinski definition) is 1. The van der Waals surface area contributed by atoms with Crippen LogP contribution in [0.15, 0.2) is 0 Å². The van der Waals surface area contributed by atoms with Crippen molar-refractivity contribution in [2.24, 2.45) is 0 Å². The largest absolute Gasteiger partial charge is 0.550 e. The van der Waals surface area contributed by atoms with Gasteiger partial charge in [-0.25, -0.2) is 0 Å². The highest BCUT2D eigenvalue weighted by molar-refractivity contribution is 14.1. The molecule has 0 saturated heterocycles. The van der Waals surface area contributed by atoms with Crippen LogP contribution in [0.2, 0.25) is 0 Å². The van der Waals surface area contributed by atoms with E-state index in [-0.39, 0.29) is 37.4 Å². The van der Waals surface area contributed by atoms with E-state index in [0.29, 0.717) is 16.3 Å². The first-order chi connectivity index (χ1) is 17.6. The van der Waals surface area contributed by atoms with E-state index in [4.69, 9.17) is 14.2 Å². The minimum Gasteiger partial charge on any atom is -0.550 e. The summed E-state index contributed by atoms with van der Waals surface area (Å²) in [5.41, 5.74) is 1.04. The van der Waals surface area contributed by atoms with Crippen LogP contribution in [0, 0.1) is 10.7 Å². The third-order valence-electron chi connectivity index (χ3n) is 4.77. The number of nitrogens with one attached hydrogen (secondary N) is 1. The van der Waals surface area contributed by atoms with Crippen LogP contribution in [0.3, 0.4) is 0 Å². The van der Waals surface area contributed by atoms with E-state index < -0.39 is 47.9 Å². The molecule has 0 heterocycles. The van der Waals surface area contributed by atoms with Gasteiger partial charge in [-0.1, -0.05) is 0 Å². The fourth-order valence-electron chi connectivity index (χ4n) is 3.15. The zero-order chi connectivity index (χ0) is 29.3. The molecule has 0 bridgehead atoms. The first-order valence-electron chi connectivity index (χ1n) is 11.1. The van der Waals surface area contributed by atoms with Crippen molar-refractivity contribution in [2.45, 2.75) is 59.7 Å². The van der Waals surface area contributed by atoms with Gasteiger partial charge in [0.25, 0.3) is 11.8 Å². The molecule has 1 aromatic carbocycles. The van der Waals surface area contributed by atoms with Gasteiger partial charge < -0.3 is 34.3 Å². The van der Waals surface area contributed by atoms with Crippen LogP contribution in [0.5, 0.6) is 0 Å². The number of nitrogens with zero attached hydrogens (tertiary/aromatic N) is 1. The second-order valence-corrected chi connectivity index (χ2v) is 11.1. The molecule has 0 fully saturated rings. The van der Waals surface area contributed by atoms with Crippen molar-refractivity contribution >= 4 is 115 Å². The maximum atomic E-state index is 13.4. The second kappa shape index (κ2) is 15.7. The molecular weight excluding hydrogens is 845 g/mol. The molecule has 15 heteroatoms. The van der Waals surface area contributed by atoms with Crippen molar-refractivity contribution in [3.8, 4) is 0 Å². The Labute approximate surface area is 260 Å². The number of carbonyl (C=O) groups excluding carboxylic acids is 6. The van der Waals surface area contributed by atoms with Crippen LogP contribution in [0.4, 0.5) is 11.4 Å². The monoisotopic (exact) mass is 871 g/mol. The third-order valence-corrected chi connectivity index (χ3v) is 8.17. The predicted molar refractivity (Wildman–Crippen MR) is 158 cm³/mol. The van der Waals surface area contributed by atoms with E-state index in [0.717, 1.165) is 13.8 Å². The van der Waals surface area contributed by atoms with Gasteiger partial charge in [-0.3, -0.25) is 24.0 Å². The van der Waals surface area contributed by atoms with Gasteiger partial charge in [-0.2, -0.15) is 0 Å². The van der Waals surface area contributed by atoms with E-state index in [1.165, 1.54) is 25.7 Å². The van der Waals surface area contributed by atoms with Crippen LogP contribution in [-0.4, -0.2) is 61.1 Å². The molecule has 2 amide bonds. The molecular formula is C23H26I3N2O10-. The normalized spacial score (nSPS) is 12.1. The quantitative estimate of drug-likeness (QED) is 0.186. The lowest BCUT2D eigenvalue weighted by Gasteiger charge is -2.30. The average Bonchev–Trinajstić information content (AvgIpc) is 2.78. The Morgan fingerprint density at radius 1 is 0.868 bits per heavy atom. The Bertz CT molecular complexity index is 1130. The summed E-state index contributed by atoms with van der Waals surface area (Å²) in [6.07, 6.45) is -2.67. The Kier molecular flexibility index (Phi) is 14.2. The van der Waals surface area contributed by atoms with E-state index in [1.54, 1.807) is 0 Å². The first kappa shape index (κ1) is 34.3. The molecule has 0 aliphatic rings. The maximum absolute atomic E-state index is 13.4. The van der Waals surface area contributed by atoms with Gasteiger partial charge in [0, 0.05) is 33.9 Å². The van der Waals surface area contributed by atoms with Gasteiger partial charge in [0.1, 0.15) is 6.61 Å². The number of anilines is 2. The summed E-state index contributed by atoms with van der Waals surface area (Å²) >= 11 is 5.85. The number of aliphatic carboxylic acids is 1. The average molecular weight is 871 g/mol. The van der Waals surface area contributed by atoms with Crippen molar-refractivity contribution in [3.05, 3.63) is 16.3 Å². The number of esters is 3. The molecule has 1 N–H and O–H groups in total. The molecule has 0 saturated carbocycles. The van der Waals surface area contributed by atoms with Gasteiger partial charge in [-0.15, -0.1) is 0 Å². The molecule has 1 aromatic rings. The highest BCUT2D eigenvalue weighted by atomic mass is 127. The maximum Gasteiger partial charge on any atom is 0.303 e. The number of carboxylic acids is 1. The summed E-state index contributed by atoms with van der Waals surface area (Å²) in [6, 6.07) is 0. The summed E-state index contributed by atoms with van der Waals surface area (Å²) in [4.78, 5) is 72.9. The Balaban J connectivity index is 3.79. The van der Waals surface area contributed by atoms with Crippen LogP contribution in [0.25, 0.3) is 0 Å². The van der Waals surface area contributed by atoms with Gasteiger partial charge in [0.2, 0.25) is 0 Å². The molecule has 0 aliphatic heterocycles. The number of benzene rings is 1. The van der Waals surface area contributed by atoms with Crippen molar-refractivity contribution in [2.75, 3.05) is 23.4 Å². The lowest BCUT2D eigenvalue weighted by atomic mass is 10.1. The van der Waals surface area contributed by atoms with Gasteiger partial charge >= 0.3 is 17.9 Å². The predicted octanol–water partition coefficient (Wildman–Crippen LogP) is 1.92. The summed E-state index contributed by atoms with van der Waals surface area (Å²) in [6.45, 7) is 5.98. The molecule has 0 radical (unpaired) electrons. The fourth-order valence-corrected chi connectivity index (χ4v) is 7.71. The summed E-state index contributed by atoms with van der Waals surface area (Å²) < 4.78 is 16.4.